The summed E-state index contributed by atoms with van der Waals surface area (Å²) in [6.45, 7) is 0.794. The van der Waals surface area contributed by atoms with E-state index in [0.29, 0.717) is 32.6 Å². The van der Waals surface area contributed by atoms with Gasteiger partial charge in [0.25, 0.3) is 0 Å². The molecule has 29 heavy (non-hydrogen) atoms. The molecular weight excluding hydrogens is 409 g/mol. The van der Waals surface area contributed by atoms with Gasteiger partial charge in [-0.05, 0) is 18.6 Å². The lowest BCUT2D eigenvalue weighted by atomic mass is 10.1. The zero-order valence-corrected chi connectivity index (χ0v) is 15.1. The molecule has 2 aliphatic rings. The highest BCUT2D eigenvalue weighted by atomic mass is 19.4. The third-order valence-corrected chi connectivity index (χ3v) is 4.97. The maximum Gasteiger partial charge on any atom is 0.435 e. The molecule has 0 radical (unpaired) electrons. The molecule has 0 amide bonds. The largest absolute Gasteiger partial charge is 0.435 e. The molecule has 1 aliphatic carbocycles. The normalized spacial score (nSPS) is 23.3. The van der Waals surface area contributed by atoms with Crippen LogP contribution in [0.4, 0.5) is 30.7 Å². The van der Waals surface area contributed by atoms with Gasteiger partial charge in [0, 0.05) is 38.3 Å². The average molecular weight is 428 g/mol. The minimum absolute atomic E-state index is 0.00826. The third kappa shape index (κ3) is 5.17. The monoisotopic (exact) mass is 428 g/mol. The Labute approximate surface area is 161 Å². The van der Waals surface area contributed by atoms with Crippen molar-refractivity contribution in [1.82, 2.24) is 19.6 Å². The summed E-state index contributed by atoms with van der Waals surface area (Å²) in [5.74, 6) is -0.312. The maximum absolute atomic E-state index is 13.1. The molecule has 0 saturated carbocycles. The first kappa shape index (κ1) is 21.8. The van der Waals surface area contributed by atoms with Gasteiger partial charge < -0.3 is 5.11 Å². The fourth-order valence-electron chi connectivity index (χ4n) is 3.41. The van der Waals surface area contributed by atoms with Crippen LogP contribution >= 0.6 is 0 Å². The van der Waals surface area contributed by atoms with Crippen molar-refractivity contribution in [3.05, 3.63) is 41.5 Å². The molecule has 0 aromatic carbocycles. The zero-order chi connectivity index (χ0) is 21.4. The molecule has 1 N–H and O–H groups in total. The van der Waals surface area contributed by atoms with Crippen molar-refractivity contribution >= 4 is 0 Å². The smallest absolute Gasteiger partial charge is 0.376 e. The number of aliphatic hydroxyl groups excluding tert-OH is 1. The van der Waals surface area contributed by atoms with Gasteiger partial charge in [0.2, 0.25) is 0 Å². The van der Waals surface area contributed by atoms with Crippen molar-refractivity contribution in [3.8, 4) is 0 Å². The Bertz CT molecular complexity index is 776. The number of halogens is 7. The van der Waals surface area contributed by atoms with Gasteiger partial charge in [0.15, 0.2) is 5.69 Å². The molecule has 2 atom stereocenters. The molecule has 3 rings (SSSR count). The summed E-state index contributed by atoms with van der Waals surface area (Å²) >= 11 is 0. The maximum atomic E-state index is 13.1. The van der Waals surface area contributed by atoms with Gasteiger partial charge in [-0.25, -0.2) is 4.39 Å². The highest BCUT2D eigenvalue weighted by Gasteiger charge is 2.42. The van der Waals surface area contributed by atoms with Crippen molar-refractivity contribution in [2.24, 2.45) is 0 Å². The van der Waals surface area contributed by atoms with E-state index in [1.165, 1.54) is 17.1 Å². The molecule has 1 aromatic heterocycles. The molecule has 5 nitrogen and oxygen atoms in total. The van der Waals surface area contributed by atoms with E-state index in [4.69, 9.17) is 0 Å². The number of piperazine rings is 1. The second-order valence-corrected chi connectivity index (χ2v) is 6.90. The van der Waals surface area contributed by atoms with E-state index in [1.54, 1.807) is 6.08 Å². The van der Waals surface area contributed by atoms with Gasteiger partial charge in [-0.15, -0.1) is 0 Å². The molecule has 1 fully saturated rings. The van der Waals surface area contributed by atoms with Crippen LogP contribution in [0.2, 0.25) is 0 Å². The average Bonchev–Trinajstić information content (AvgIpc) is 3.07. The Kier molecular flexibility index (Phi) is 6.06. The summed E-state index contributed by atoms with van der Waals surface area (Å²) in [4.78, 5) is 3.52. The van der Waals surface area contributed by atoms with Gasteiger partial charge in [-0.1, -0.05) is 6.08 Å². The van der Waals surface area contributed by atoms with E-state index in [2.05, 4.69) is 5.10 Å². The quantitative estimate of drug-likeness (QED) is 0.749. The summed E-state index contributed by atoms with van der Waals surface area (Å²) < 4.78 is 90.6. The number of aromatic nitrogens is 2. The Morgan fingerprint density at radius 1 is 1.07 bits per heavy atom. The van der Waals surface area contributed by atoms with Gasteiger partial charge in [-0.3, -0.25) is 14.5 Å². The number of nitrogens with zero attached hydrogens (tertiary/aromatic N) is 4. The highest BCUT2D eigenvalue weighted by Crippen LogP contribution is 2.35. The van der Waals surface area contributed by atoms with E-state index in [1.807, 2.05) is 4.90 Å². The molecule has 0 bridgehead atoms. The van der Waals surface area contributed by atoms with Gasteiger partial charge in [0.1, 0.15) is 17.7 Å². The fraction of sp³-hybridized carbons (Fsp3) is 0.588. The van der Waals surface area contributed by atoms with Gasteiger partial charge in [0.05, 0.1) is 6.54 Å². The predicted molar refractivity (Wildman–Crippen MR) is 88.1 cm³/mol. The topological polar surface area (TPSA) is 44.5 Å². The van der Waals surface area contributed by atoms with Crippen molar-refractivity contribution in [1.29, 1.82) is 0 Å². The van der Waals surface area contributed by atoms with Crippen LogP contribution in [0.5, 0.6) is 0 Å². The van der Waals surface area contributed by atoms with Crippen LogP contribution in [0.15, 0.2) is 30.1 Å². The van der Waals surface area contributed by atoms with Crippen LogP contribution in [0, 0.1) is 0 Å². The molecule has 2 unspecified atom stereocenters. The van der Waals surface area contributed by atoms with Crippen LogP contribution < -0.4 is 0 Å². The van der Waals surface area contributed by atoms with E-state index in [9.17, 15) is 35.8 Å². The lowest BCUT2D eigenvalue weighted by molar-refractivity contribution is -0.146. The van der Waals surface area contributed by atoms with Crippen molar-refractivity contribution in [3.63, 3.8) is 0 Å². The predicted octanol–water partition coefficient (Wildman–Crippen LogP) is 3.04. The highest BCUT2D eigenvalue weighted by molar-refractivity contribution is 5.20. The van der Waals surface area contributed by atoms with Crippen LogP contribution in [0.1, 0.15) is 17.8 Å². The minimum atomic E-state index is -5.04. The van der Waals surface area contributed by atoms with Crippen LogP contribution in [0.25, 0.3) is 0 Å². The van der Waals surface area contributed by atoms with E-state index in [-0.39, 0.29) is 22.6 Å². The van der Waals surface area contributed by atoms with Crippen molar-refractivity contribution in [2.75, 3.05) is 26.2 Å². The number of rotatable bonds is 4. The van der Waals surface area contributed by atoms with Crippen LogP contribution in [-0.4, -0.2) is 63.1 Å². The Morgan fingerprint density at radius 2 is 1.72 bits per heavy atom. The second kappa shape index (κ2) is 8.07. The van der Waals surface area contributed by atoms with Crippen molar-refractivity contribution in [2.45, 2.75) is 37.6 Å². The molecule has 12 heteroatoms. The summed E-state index contributed by atoms with van der Waals surface area (Å²) in [7, 11) is 0. The number of aliphatic hydroxyl groups is 1. The van der Waals surface area contributed by atoms with Crippen molar-refractivity contribution < 1.29 is 35.8 Å². The van der Waals surface area contributed by atoms with Gasteiger partial charge >= 0.3 is 12.4 Å². The lowest BCUT2D eigenvalue weighted by Crippen LogP contribution is -2.53. The molecular formula is C17H19F7N4O. The summed E-state index contributed by atoms with van der Waals surface area (Å²) in [6, 6.07) is -0.0710. The Morgan fingerprint density at radius 3 is 2.24 bits per heavy atom. The van der Waals surface area contributed by atoms with E-state index < -0.39 is 36.5 Å². The third-order valence-electron chi connectivity index (χ3n) is 4.97. The van der Waals surface area contributed by atoms with E-state index >= 15 is 0 Å². The summed E-state index contributed by atoms with van der Waals surface area (Å²) in [5.41, 5.74) is -3.23. The van der Waals surface area contributed by atoms with Crippen LogP contribution in [-0.2, 0) is 18.9 Å². The first-order valence-corrected chi connectivity index (χ1v) is 8.87. The Balaban J connectivity index is 1.63. The number of hydrogen-bond acceptors (Lipinski definition) is 4. The molecule has 0 spiro atoms. The number of hydrogen-bond donors (Lipinski definition) is 1. The number of allylic oxidation sites excluding steroid dienone is 2. The molecule has 162 valence electrons. The lowest BCUT2D eigenvalue weighted by Gasteiger charge is -2.40. The fourth-order valence-corrected chi connectivity index (χ4v) is 3.41. The SMILES string of the molecule is OC(Cn1nc(C(F)(F)F)cc1C(F)(F)F)N1CCN(C2C=CC(F)=CC2)CC1. The molecule has 1 saturated heterocycles. The summed E-state index contributed by atoms with van der Waals surface area (Å²) in [5, 5.41) is 13.3. The standard InChI is InChI=1S/C17H19F7N4O/c18-11-1-3-12(4-2-11)26-5-7-27(8-6-26)15(29)10-28-14(17(22,23)24)9-13(25-28)16(19,20)21/h1-3,9,12,15,29H,4-8,10H2. The van der Waals surface area contributed by atoms with Gasteiger partial charge in [-0.2, -0.15) is 31.4 Å². The Hall–Kier alpha value is -1.92. The van der Waals surface area contributed by atoms with E-state index in [0.717, 1.165) is 0 Å². The second-order valence-electron chi connectivity index (χ2n) is 6.90. The summed E-state index contributed by atoms with van der Waals surface area (Å²) in [6.07, 6.45) is -6.45. The van der Waals surface area contributed by atoms with Crippen LogP contribution in [0.3, 0.4) is 0 Å². The molecule has 1 aliphatic heterocycles. The zero-order valence-electron chi connectivity index (χ0n) is 15.1. The minimum Gasteiger partial charge on any atom is -0.376 e. The molecule has 2 heterocycles. The molecule has 1 aromatic rings. The number of alkyl halides is 6. The first-order chi connectivity index (χ1) is 13.4. The first-order valence-electron chi connectivity index (χ1n) is 8.87.